The Morgan fingerprint density at radius 3 is 2.23 bits per heavy atom. The number of ether oxygens (including phenoxy) is 1. The molecule has 0 saturated carbocycles. The van der Waals surface area contributed by atoms with Gasteiger partial charge in [0.15, 0.2) is 5.54 Å². The highest BCUT2D eigenvalue weighted by molar-refractivity contribution is 6.07. The molecule has 0 aliphatic carbocycles. The van der Waals surface area contributed by atoms with Crippen LogP contribution < -0.4 is 10.1 Å². The molecule has 2 aromatic carbocycles. The minimum atomic E-state index is -4.93. The predicted octanol–water partition coefficient (Wildman–Crippen LogP) is 6.28. The van der Waals surface area contributed by atoms with Crippen molar-refractivity contribution in [2.75, 3.05) is 6.61 Å². The van der Waals surface area contributed by atoms with Crippen LogP contribution in [-0.4, -0.2) is 24.9 Å². The Bertz CT molecular complexity index is 1180. The smallest absolute Gasteiger partial charge is 0.416 e. The second-order valence-electron chi connectivity index (χ2n) is 8.39. The van der Waals surface area contributed by atoms with Gasteiger partial charge in [-0.25, -0.2) is 0 Å². The number of nitrogens with zero attached hydrogens (tertiary/aromatic N) is 1. The molecular weight excluding hydrogens is 474 g/mol. The highest BCUT2D eigenvalue weighted by Crippen LogP contribution is 2.48. The van der Waals surface area contributed by atoms with E-state index in [0.29, 0.717) is 5.56 Å². The first kappa shape index (κ1) is 26.1. The van der Waals surface area contributed by atoms with Crippen molar-refractivity contribution in [3.63, 3.8) is 0 Å². The zero-order chi connectivity index (χ0) is 26.0. The summed E-state index contributed by atoms with van der Waals surface area (Å²) in [5.41, 5.74) is -1.48. The molecule has 1 aliphatic heterocycles. The maximum Gasteiger partial charge on any atom is 0.416 e. The van der Waals surface area contributed by atoms with Crippen LogP contribution in [0.15, 0.2) is 48.0 Å². The van der Waals surface area contributed by atoms with E-state index in [4.69, 9.17) is 4.74 Å². The Morgan fingerprint density at radius 2 is 1.69 bits per heavy atom. The van der Waals surface area contributed by atoms with Gasteiger partial charge in [0.05, 0.1) is 6.61 Å². The van der Waals surface area contributed by atoms with Crippen LogP contribution in [0.3, 0.4) is 0 Å². The first-order chi connectivity index (χ1) is 16.3. The van der Waals surface area contributed by atoms with Crippen molar-refractivity contribution in [3.8, 4) is 11.8 Å². The molecule has 4 nitrogen and oxygen atoms in total. The number of carbonyl (C=O) groups excluding carboxylic acids is 1. The molecule has 0 fully saturated rings. The van der Waals surface area contributed by atoms with Crippen molar-refractivity contribution in [1.82, 2.24) is 5.32 Å². The summed E-state index contributed by atoms with van der Waals surface area (Å²) in [7, 11) is 0. The Balaban J connectivity index is 1.96. The Labute approximate surface area is 198 Å². The summed E-state index contributed by atoms with van der Waals surface area (Å²) in [5.74, 6) is -1.05. The average Bonchev–Trinajstić information content (AvgIpc) is 2.77. The van der Waals surface area contributed by atoms with Gasteiger partial charge in [0.2, 0.25) is 0 Å². The molecule has 3 rings (SSSR count). The largest absolute Gasteiger partial charge is 0.494 e. The Kier molecular flexibility index (Phi) is 7.20. The van der Waals surface area contributed by atoms with E-state index in [1.165, 1.54) is 12.1 Å². The number of hydrogen-bond acceptors (Lipinski definition) is 3. The van der Waals surface area contributed by atoms with E-state index in [2.05, 4.69) is 0 Å². The van der Waals surface area contributed by atoms with Gasteiger partial charge < -0.3 is 10.1 Å². The summed E-state index contributed by atoms with van der Waals surface area (Å²) < 4.78 is 85.5. The van der Waals surface area contributed by atoms with Crippen molar-refractivity contribution >= 4 is 11.5 Å². The number of nitriles is 1. The molecule has 10 heteroatoms. The summed E-state index contributed by atoms with van der Waals surface area (Å²) >= 11 is 0. The topological polar surface area (TPSA) is 62.1 Å². The van der Waals surface area contributed by atoms with Crippen LogP contribution in [0.5, 0.6) is 5.75 Å². The lowest BCUT2D eigenvalue weighted by Gasteiger charge is -2.40. The highest BCUT2D eigenvalue weighted by Gasteiger charge is 2.59. The third-order valence-corrected chi connectivity index (χ3v) is 5.97. The normalized spacial score (nSPS) is 18.8. The van der Waals surface area contributed by atoms with Crippen molar-refractivity contribution in [1.29, 1.82) is 5.26 Å². The third kappa shape index (κ3) is 5.61. The predicted molar refractivity (Wildman–Crippen MR) is 116 cm³/mol. The summed E-state index contributed by atoms with van der Waals surface area (Å²) in [5, 5.41) is 11.5. The first-order valence-electron chi connectivity index (χ1n) is 10.7. The molecule has 186 valence electrons. The molecule has 35 heavy (non-hydrogen) atoms. The van der Waals surface area contributed by atoms with Gasteiger partial charge in [-0.15, -0.1) is 0 Å². The number of alkyl halides is 6. The van der Waals surface area contributed by atoms with Gasteiger partial charge in [0.1, 0.15) is 17.4 Å². The molecule has 1 heterocycles. The number of hydrogen-bond donors (Lipinski definition) is 1. The van der Waals surface area contributed by atoms with Crippen LogP contribution >= 0.6 is 0 Å². The molecular formula is C25H22F6N2O2. The molecule has 1 amide bonds. The molecule has 0 bridgehead atoms. The van der Waals surface area contributed by atoms with Gasteiger partial charge in [-0.05, 0) is 60.2 Å². The average molecular weight is 496 g/mol. The maximum absolute atomic E-state index is 14.5. The van der Waals surface area contributed by atoms with E-state index in [1.54, 1.807) is 31.2 Å². The van der Waals surface area contributed by atoms with Gasteiger partial charge in [-0.1, -0.05) is 30.3 Å². The van der Waals surface area contributed by atoms with Gasteiger partial charge in [0, 0.05) is 12.8 Å². The van der Waals surface area contributed by atoms with Crippen LogP contribution in [0, 0.1) is 25.2 Å². The second kappa shape index (κ2) is 9.64. The van der Waals surface area contributed by atoms with Crippen LogP contribution in [0.1, 0.15) is 41.5 Å². The summed E-state index contributed by atoms with van der Waals surface area (Å²) in [6.45, 7) is 3.35. The van der Waals surface area contributed by atoms with Crippen LogP contribution in [-0.2, 0) is 10.3 Å². The number of rotatable bonds is 6. The Morgan fingerprint density at radius 1 is 1.03 bits per heavy atom. The SMILES string of the molecule is Cc1ccc(C2=C(C#N)C(=O)NC(c3ccc(OCCCC(F)(F)F)cc3)(C(F)(F)F)C2)cc1C. The third-order valence-electron chi connectivity index (χ3n) is 5.97. The van der Waals surface area contributed by atoms with E-state index < -0.39 is 42.2 Å². The van der Waals surface area contributed by atoms with Crippen molar-refractivity contribution in [3.05, 3.63) is 70.3 Å². The van der Waals surface area contributed by atoms with E-state index in [-0.39, 0.29) is 29.9 Å². The molecule has 1 aliphatic rings. The fourth-order valence-electron chi connectivity index (χ4n) is 3.89. The number of halogens is 6. The maximum atomic E-state index is 14.5. The minimum Gasteiger partial charge on any atom is -0.494 e. The van der Waals surface area contributed by atoms with Crippen LogP contribution in [0.4, 0.5) is 26.3 Å². The molecule has 1 N–H and O–H groups in total. The zero-order valence-corrected chi connectivity index (χ0v) is 18.9. The monoisotopic (exact) mass is 496 g/mol. The molecule has 0 spiro atoms. The molecule has 1 unspecified atom stereocenters. The lowest BCUT2D eigenvalue weighted by Crippen LogP contribution is -2.58. The van der Waals surface area contributed by atoms with E-state index in [0.717, 1.165) is 23.3 Å². The van der Waals surface area contributed by atoms with Crippen LogP contribution in [0.2, 0.25) is 0 Å². The van der Waals surface area contributed by atoms with Crippen molar-refractivity contribution < 1.29 is 35.9 Å². The minimum absolute atomic E-state index is 0.0239. The lowest BCUT2D eigenvalue weighted by molar-refractivity contribution is -0.201. The number of amides is 1. The summed E-state index contributed by atoms with van der Waals surface area (Å²) in [6, 6.07) is 11.3. The van der Waals surface area contributed by atoms with Gasteiger partial charge in [-0.2, -0.15) is 31.6 Å². The number of nitrogens with one attached hydrogen (secondary N) is 1. The number of aryl methyl sites for hydroxylation is 2. The second-order valence-corrected chi connectivity index (χ2v) is 8.39. The number of carbonyl (C=O) groups is 1. The lowest BCUT2D eigenvalue weighted by atomic mass is 9.76. The van der Waals surface area contributed by atoms with E-state index in [9.17, 15) is 36.4 Å². The van der Waals surface area contributed by atoms with E-state index >= 15 is 0 Å². The van der Waals surface area contributed by atoms with Crippen molar-refractivity contribution in [2.45, 2.75) is 51.0 Å². The fraction of sp³-hybridized carbons (Fsp3) is 0.360. The standard InChI is InChI=1S/C25H22F6N2O2/c1-15-4-5-17(12-16(15)2)20-13-23(25(29,30)31,33-22(34)21(20)14-32)18-6-8-19(9-7-18)35-11-3-10-24(26,27)28/h4-9,12H,3,10-11,13H2,1-2H3,(H,33,34). The fourth-order valence-corrected chi connectivity index (χ4v) is 3.89. The highest BCUT2D eigenvalue weighted by atomic mass is 19.4. The summed E-state index contributed by atoms with van der Waals surface area (Å²) in [4.78, 5) is 12.7. The summed E-state index contributed by atoms with van der Waals surface area (Å²) in [6.07, 6.45) is -11.3. The first-order valence-corrected chi connectivity index (χ1v) is 10.7. The number of benzene rings is 2. The van der Waals surface area contributed by atoms with Crippen LogP contribution in [0.25, 0.3) is 5.57 Å². The quantitative estimate of drug-likeness (QED) is 0.378. The van der Waals surface area contributed by atoms with E-state index in [1.807, 2.05) is 12.2 Å². The zero-order valence-electron chi connectivity index (χ0n) is 18.9. The van der Waals surface area contributed by atoms with Crippen molar-refractivity contribution in [2.24, 2.45) is 0 Å². The molecule has 1 atom stereocenters. The van der Waals surface area contributed by atoms with Gasteiger partial charge >= 0.3 is 12.4 Å². The molecule has 0 radical (unpaired) electrons. The Hall–Kier alpha value is -3.48. The molecule has 0 aromatic heterocycles. The molecule has 0 saturated heterocycles. The van der Waals surface area contributed by atoms with Gasteiger partial charge in [0.25, 0.3) is 5.91 Å². The van der Waals surface area contributed by atoms with Gasteiger partial charge in [-0.3, -0.25) is 4.79 Å². The molecule has 2 aromatic rings.